The van der Waals surface area contributed by atoms with Gasteiger partial charge in [0.2, 0.25) is 0 Å². The van der Waals surface area contributed by atoms with Gasteiger partial charge in [-0.2, -0.15) is 5.10 Å². The van der Waals surface area contributed by atoms with Crippen LogP contribution in [0.5, 0.6) is 0 Å². The van der Waals surface area contributed by atoms with Crippen LogP contribution in [-0.4, -0.2) is 39.5 Å². The maximum Gasteiger partial charge on any atom is 0.339 e. The first-order valence-corrected chi connectivity index (χ1v) is 12.1. The molecule has 3 aromatic heterocycles. The smallest absolute Gasteiger partial charge is 0.339 e. The molecule has 4 aromatic rings. The van der Waals surface area contributed by atoms with Gasteiger partial charge in [0.25, 0.3) is 5.91 Å². The summed E-state index contributed by atoms with van der Waals surface area (Å²) >= 11 is 1.61. The molecule has 0 radical (unpaired) electrons. The van der Waals surface area contributed by atoms with Crippen molar-refractivity contribution in [2.24, 2.45) is 0 Å². The van der Waals surface area contributed by atoms with E-state index in [4.69, 9.17) is 14.1 Å². The van der Waals surface area contributed by atoms with E-state index in [0.717, 1.165) is 16.2 Å². The number of hydrogen-bond acceptors (Lipinski definition) is 7. The molecule has 9 heteroatoms. The summed E-state index contributed by atoms with van der Waals surface area (Å²) < 4.78 is 12.8. The molecule has 0 fully saturated rings. The zero-order valence-electron chi connectivity index (χ0n) is 19.7. The summed E-state index contributed by atoms with van der Waals surface area (Å²) in [4.78, 5) is 31.3. The molecule has 0 bridgehead atoms. The van der Waals surface area contributed by atoms with Crippen LogP contribution in [-0.2, 0) is 9.53 Å². The fraction of sp³-hybridized carbons (Fsp3) is 0.280. The number of anilines is 1. The average molecular weight is 479 g/mol. The molecule has 0 aliphatic heterocycles. The maximum absolute atomic E-state index is 13.1. The van der Waals surface area contributed by atoms with Crippen LogP contribution in [0.15, 0.2) is 51.9 Å². The van der Waals surface area contributed by atoms with Crippen LogP contribution >= 0.6 is 11.8 Å². The molecule has 1 amide bonds. The predicted octanol–water partition coefficient (Wildman–Crippen LogP) is 5.41. The van der Waals surface area contributed by atoms with Crippen molar-refractivity contribution in [1.82, 2.24) is 14.8 Å². The number of rotatable bonds is 7. The van der Waals surface area contributed by atoms with E-state index in [1.165, 1.54) is 0 Å². The molecule has 0 saturated carbocycles. The summed E-state index contributed by atoms with van der Waals surface area (Å²) in [6.07, 6.45) is 3.58. The van der Waals surface area contributed by atoms with E-state index in [-0.39, 0.29) is 6.04 Å². The van der Waals surface area contributed by atoms with Crippen molar-refractivity contribution in [3.63, 3.8) is 0 Å². The number of furan rings is 1. The molecule has 0 aliphatic rings. The second-order valence-corrected chi connectivity index (χ2v) is 9.03. The van der Waals surface area contributed by atoms with Gasteiger partial charge in [-0.25, -0.2) is 14.5 Å². The monoisotopic (exact) mass is 478 g/mol. The first-order chi connectivity index (χ1) is 16.3. The highest BCUT2D eigenvalue weighted by Crippen LogP contribution is 2.30. The van der Waals surface area contributed by atoms with Crippen molar-refractivity contribution in [3.8, 4) is 11.3 Å². The first kappa shape index (κ1) is 23.6. The summed E-state index contributed by atoms with van der Waals surface area (Å²) in [6.45, 7) is 7.27. The Morgan fingerprint density at radius 2 is 1.91 bits per heavy atom. The number of ether oxygens (including phenoxy) is 1. The summed E-state index contributed by atoms with van der Waals surface area (Å²) in [5, 5.41) is 7.71. The number of benzene rings is 1. The summed E-state index contributed by atoms with van der Waals surface area (Å²) in [5.74, 6) is 0.405. The van der Waals surface area contributed by atoms with Crippen molar-refractivity contribution in [2.45, 2.75) is 38.6 Å². The standard InChI is InChI=1S/C25H26N4O4S/c1-14(2)29-24-21(12-26-29)20(11-22(28-24)19-10-15(3)33-16(19)4)25(31)32-13-23(30)27-17-6-8-18(34-5)9-7-17/h6-12,14H,13H2,1-5H3,(H,27,30). The molecule has 4 rings (SSSR count). The maximum atomic E-state index is 13.1. The number of fused-ring (bicyclic) bond motifs is 1. The Balaban J connectivity index is 1.59. The Bertz CT molecular complexity index is 1360. The number of pyridine rings is 1. The lowest BCUT2D eigenvalue weighted by atomic mass is 10.1. The van der Waals surface area contributed by atoms with Crippen LogP contribution in [0, 0.1) is 13.8 Å². The van der Waals surface area contributed by atoms with Gasteiger partial charge in [-0.3, -0.25) is 4.79 Å². The minimum atomic E-state index is -0.622. The third kappa shape index (κ3) is 4.84. The Morgan fingerprint density at radius 3 is 2.53 bits per heavy atom. The molecule has 3 heterocycles. The first-order valence-electron chi connectivity index (χ1n) is 10.8. The fourth-order valence-corrected chi connectivity index (χ4v) is 4.08. The zero-order valence-corrected chi connectivity index (χ0v) is 20.5. The molecule has 8 nitrogen and oxygen atoms in total. The lowest BCUT2D eigenvalue weighted by Crippen LogP contribution is -2.21. The largest absolute Gasteiger partial charge is 0.466 e. The molecule has 0 unspecified atom stereocenters. The van der Waals surface area contributed by atoms with E-state index in [9.17, 15) is 9.59 Å². The molecule has 1 N–H and O–H groups in total. The second kappa shape index (κ2) is 9.72. The van der Waals surface area contributed by atoms with E-state index in [1.54, 1.807) is 40.8 Å². The number of carbonyl (C=O) groups is 2. The van der Waals surface area contributed by atoms with Crippen LogP contribution in [0.4, 0.5) is 5.69 Å². The van der Waals surface area contributed by atoms with Crippen molar-refractivity contribution in [3.05, 3.63) is 59.7 Å². The van der Waals surface area contributed by atoms with E-state index in [2.05, 4.69) is 10.4 Å². The van der Waals surface area contributed by atoms with Gasteiger partial charge >= 0.3 is 5.97 Å². The van der Waals surface area contributed by atoms with Crippen LogP contribution in [0.1, 0.15) is 41.8 Å². The van der Waals surface area contributed by atoms with Gasteiger partial charge in [0.1, 0.15) is 11.5 Å². The fourth-order valence-electron chi connectivity index (χ4n) is 3.67. The highest BCUT2D eigenvalue weighted by atomic mass is 32.2. The topological polar surface area (TPSA) is 99.2 Å². The molecule has 34 heavy (non-hydrogen) atoms. The van der Waals surface area contributed by atoms with Gasteiger partial charge in [0, 0.05) is 22.2 Å². The van der Waals surface area contributed by atoms with Gasteiger partial charge < -0.3 is 14.5 Å². The van der Waals surface area contributed by atoms with E-state index in [1.807, 2.05) is 52.1 Å². The van der Waals surface area contributed by atoms with E-state index >= 15 is 0 Å². The Labute approximate surface area is 201 Å². The number of hydrogen-bond donors (Lipinski definition) is 1. The molecular formula is C25H26N4O4S. The number of aryl methyl sites for hydroxylation is 2. The average Bonchev–Trinajstić information content (AvgIpc) is 3.39. The minimum absolute atomic E-state index is 0.0413. The highest BCUT2D eigenvalue weighted by molar-refractivity contribution is 7.98. The molecule has 0 atom stereocenters. The van der Waals surface area contributed by atoms with E-state index < -0.39 is 18.5 Å². The lowest BCUT2D eigenvalue weighted by molar-refractivity contribution is -0.119. The third-order valence-corrected chi connectivity index (χ3v) is 6.04. The Hall–Kier alpha value is -3.59. The number of esters is 1. The molecule has 0 aliphatic carbocycles. The third-order valence-electron chi connectivity index (χ3n) is 5.30. The molecule has 0 saturated heterocycles. The van der Waals surface area contributed by atoms with Crippen LogP contribution in [0.3, 0.4) is 0 Å². The Morgan fingerprint density at radius 1 is 1.18 bits per heavy atom. The van der Waals surface area contributed by atoms with Crippen molar-refractivity contribution in [2.75, 3.05) is 18.2 Å². The number of nitrogens with zero attached hydrogens (tertiary/aromatic N) is 3. The number of nitrogens with one attached hydrogen (secondary N) is 1. The van der Waals surface area contributed by atoms with Crippen LogP contribution in [0.2, 0.25) is 0 Å². The number of thioether (sulfide) groups is 1. The SMILES string of the molecule is CSc1ccc(NC(=O)COC(=O)c2cc(-c3cc(C)oc3C)nc3c2cnn3C(C)C)cc1. The van der Waals surface area contributed by atoms with Gasteiger partial charge in [-0.05, 0) is 70.3 Å². The highest BCUT2D eigenvalue weighted by Gasteiger charge is 2.21. The summed E-state index contributed by atoms with van der Waals surface area (Å²) in [6, 6.07) is 11.0. The molecule has 0 spiro atoms. The molecule has 1 aromatic carbocycles. The van der Waals surface area contributed by atoms with Crippen LogP contribution in [0.25, 0.3) is 22.3 Å². The molecule has 176 valence electrons. The minimum Gasteiger partial charge on any atom is -0.466 e. The number of carbonyl (C=O) groups excluding carboxylic acids is 2. The zero-order chi connectivity index (χ0) is 24.4. The van der Waals surface area contributed by atoms with Gasteiger partial charge in [0.05, 0.1) is 22.8 Å². The van der Waals surface area contributed by atoms with Crippen molar-refractivity contribution >= 4 is 40.4 Å². The predicted molar refractivity (Wildman–Crippen MR) is 132 cm³/mol. The summed E-state index contributed by atoms with van der Waals surface area (Å²) in [7, 11) is 0. The molecular weight excluding hydrogens is 452 g/mol. The van der Waals surface area contributed by atoms with Crippen molar-refractivity contribution in [1.29, 1.82) is 0 Å². The van der Waals surface area contributed by atoms with Gasteiger partial charge in [-0.1, -0.05) is 0 Å². The number of aromatic nitrogens is 3. The van der Waals surface area contributed by atoms with Gasteiger partial charge in [0.15, 0.2) is 12.3 Å². The number of amides is 1. The normalized spacial score (nSPS) is 11.2. The van der Waals surface area contributed by atoms with Crippen LogP contribution < -0.4 is 5.32 Å². The van der Waals surface area contributed by atoms with Gasteiger partial charge in [-0.15, -0.1) is 11.8 Å². The lowest BCUT2D eigenvalue weighted by Gasteiger charge is -2.11. The van der Waals surface area contributed by atoms with Crippen molar-refractivity contribution < 1.29 is 18.7 Å². The van der Waals surface area contributed by atoms with E-state index in [0.29, 0.717) is 33.7 Å². The Kier molecular flexibility index (Phi) is 6.74. The quantitative estimate of drug-likeness (QED) is 0.280. The second-order valence-electron chi connectivity index (χ2n) is 8.15. The summed E-state index contributed by atoms with van der Waals surface area (Å²) in [5.41, 5.74) is 2.86.